The van der Waals surface area contributed by atoms with E-state index in [1.54, 1.807) is 12.1 Å². The highest BCUT2D eigenvalue weighted by atomic mass is 16.5. The first-order chi connectivity index (χ1) is 9.29. The van der Waals surface area contributed by atoms with Crippen molar-refractivity contribution >= 4 is 11.4 Å². The Morgan fingerprint density at radius 2 is 2.11 bits per heavy atom. The molecule has 1 aromatic carbocycles. The van der Waals surface area contributed by atoms with Crippen LogP contribution in [0.4, 0.5) is 11.4 Å². The summed E-state index contributed by atoms with van der Waals surface area (Å²) in [7, 11) is 0. The summed E-state index contributed by atoms with van der Waals surface area (Å²) in [6.45, 7) is 1.48. The van der Waals surface area contributed by atoms with Crippen molar-refractivity contribution in [1.82, 2.24) is 0 Å². The first-order valence-electron chi connectivity index (χ1n) is 6.94. The van der Waals surface area contributed by atoms with E-state index in [1.165, 1.54) is 32.1 Å². The number of hydrogen-bond acceptors (Lipinski definition) is 4. The number of benzene rings is 1. The normalized spacial score (nSPS) is 15.9. The maximum absolute atomic E-state index is 8.80. The molecule has 4 nitrogen and oxygen atoms in total. The third kappa shape index (κ3) is 4.15. The van der Waals surface area contributed by atoms with Gasteiger partial charge in [0.1, 0.15) is 6.07 Å². The van der Waals surface area contributed by atoms with Crippen molar-refractivity contribution in [2.24, 2.45) is 0 Å². The smallest absolute Gasteiger partial charge is 0.101 e. The van der Waals surface area contributed by atoms with Gasteiger partial charge in [0.15, 0.2) is 0 Å². The third-order valence-electron chi connectivity index (χ3n) is 3.51. The van der Waals surface area contributed by atoms with Gasteiger partial charge in [-0.2, -0.15) is 5.26 Å². The lowest BCUT2D eigenvalue weighted by Crippen LogP contribution is -2.20. The van der Waals surface area contributed by atoms with Gasteiger partial charge in [-0.15, -0.1) is 0 Å². The van der Waals surface area contributed by atoms with Gasteiger partial charge < -0.3 is 15.8 Å². The van der Waals surface area contributed by atoms with Gasteiger partial charge in [0.2, 0.25) is 0 Å². The van der Waals surface area contributed by atoms with Crippen molar-refractivity contribution in [3.05, 3.63) is 23.8 Å². The Hall–Kier alpha value is -1.73. The zero-order valence-corrected chi connectivity index (χ0v) is 11.2. The molecule has 1 aliphatic carbocycles. The Balaban J connectivity index is 1.70. The van der Waals surface area contributed by atoms with Gasteiger partial charge in [0.25, 0.3) is 0 Å². The number of nitrogens with two attached hydrogens (primary N) is 1. The summed E-state index contributed by atoms with van der Waals surface area (Å²) < 4.78 is 5.83. The summed E-state index contributed by atoms with van der Waals surface area (Å²) in [5.74, 6) is 0. The van der Waals surface area contributed by atoms with Crippen LogP contribution in [0.5, 0.6) is 0 Å². The molecule has 0 saturated heterocycles. The second-order valence-electron chi connectivity index (χ2n) is 4.97. The van der Waals surface area contributed by atoms with E-state index in [9.17, 15) is 0 Å². The van der Waals surface area contributed by atoms with Crippen molar-refractivity contribution in [3.8, 4) is 6.07 Å². The van der Waals surface area contributed by atoms with E-state index >= 15 is 0 Å². The van der Waals surface area contributed by atoms with Crippen LogP contribution >= 0.6 is 0 Å². The molecule has 0 bridgehead atoms. The fourth-order valence-corrected chi connectivity index (χ4v) is 2.43. The molecular weight excluding hydrogens is 238 g/mol. The van der Waals surface area contributed by atoms with Crippen molar-refractivity contribution in [1.29, 1.82) is 5.26 Å². The highest BCUT2D eigenvalue weighted by Crippen LogP contribution is 2.20. The number of nitrogens with one attached hydrogen (secondary N) is 1. The summed E-state index contributed by atoms with van der Waals surface area (Å²) in [5, 5.41) is 12.1. The molecular formula is C15H21N3O. The Kier molecular flexibility index (Phi) is 5.05. The van der Waals surface area contributed by atoms with Crippen molar-refractivity contribution in [2.45, 2.75) is 38.2 Å². The summed E-state index contributed by atoms with van der Waals surface area (Å²) in [5.41, 5.74) is 7.73. The molecule has 1 aromatic rings. The maximum Gasteiger partial charge on any atom is 0.101 e. The Bertz CT molecular complexity index is 447. The van der Waals surface area contributed by atoms with Gasteiger partial charge in [0.05, 0.1) is 24.0 Å². The minimum absolute atomic E-state index is 0.446. The van der Waals surface area contributed by atoms with Crippen LogP contribution in [0.1, 0.15) is 37.7 Å². The molecule has 0 heterocycles. The predicted molar refractivity (Wildman–Crippen MR) is 76.9 cm³/mol. The molecule has 1 fully saturated rings. The average Bonchev–Trinajstić information content (AvgIpc) is 2.45. The van der Waals surface area contributed by atoms with Gasteiger partial charge >= 0.3 is 0 Å². The first-order valence-corrected chi connectivity index (χ1v) is 6.94. The predicted octanol–water partition coefficient (Wildman–Crippen LogP) is 2.90. The largest absolute Gasteiger partial charge is 0.398 e. The van der Waals surface area contributed by atoms with E-state index in [2.05, 4.69) is 11.4 Å². The fourth-order valence-electron chi connectivity index (χ4n) is 2.43. The van der Waals surface area contributed by atoms with Crippen molar-refractivity contribution in [2.75, 3.05) is 24.2 Å². The molecule has 1 aliphatic rings. The minimum atomic E-state index is 0.446. The topological polar surface area (TPSA) is 71.1 Å². The lowest BCUT2D eigenvalue weighted by molar-refractivity contribution is 0.0347. The number of anilines is 2. The molecule has 0 aliphatic heterocycles. The van der Waals surface area contributed by atoms with Crippen LogP contribution in [0.15, 0.2) is 18.2 Å². The van der Waals surface area contributed by atoms with Crippen LogP contribution in [-0.2, 0) is 4.74 Å². The SMILES string of the molecule is N#Cc1ccc(NCCOC2CCCCC2)cc1N. The molecule has 2 rings (SSSR count). The van der Waals surface area contributed by atoms with Crippen LogP contribution < -0.4 is 11.1 Å². The van der Waals surface area contributed by atoms with E-state index in [4.69, 9.17) is 15.7 Å². The summed E-state index contributed by atoms with van der Waals surface area (Å²) >= 11 is 0. The monoisotopic (exact) mass is 259 g/mol. The first kappa shape index (κ1) is 13.7. The molecule has 0 spiro atoms. The number of nitriles is 1. The molecule has 102 valence electrons. The summed E-state index contributed by atoms with van der Waals surface area (Å²) in [6.07, 6.45) is 6.78. The molecule has 4 heteroatoms. The second kappa shape index (κ2) is 7.01. The van der Waals surface area contributed by atoms with Gasteiger partial charge in [-0.05, 0) is 31.0 Å². The summed E-state index contributed by atoms with van der Waals surface area (Å²) in [4.78, 5) is 0. The van der Waals surface area contributed by atoms with E-state index in [1.807, 2.05) is 6.07 Å². The highest BCUT2D eigenvalue weighted by molar-refractivity contribution is 5.62. The quantitative estimate of drug-likeness (QED) is 0.630. The molecule has 0 unspecified atom stereocenters. The number of hydrogen-bond donors (Lipinski definition) is 2. The van der Waals surface area contributed by atoms with Crippen LogP contribution in [0.25, 0.3) is 0 Å². The highest BCUT2D eigenvalue weighted by Gasteiger charge is 2.12. The van der Waals surface area contributed by atoms with Crippen LogP contribution in [0, 0.1) is 11.3 Å². The molecule has 0 radical (unpaired) electrons. The maximum atomic E-state index is 8.80. The average molecular weight is 259 g/mol. The van der Waals surface area contributed by atoms with Gasteiger partial charge in [-0.1, -0.05) is 19.3 Å². The number of rotatable bonds is 5. The van der Waals surface area contributed by atoms with Crippen LogP contribution in [0.3, 0.4) is 0 Å². The molecule has 0 amide bonds. The second-order valence-corrected chi connectivity index (χ2v) is 4.97. The van der Waals surface area contributed by atoms with Gasteiger partial charge in [-0.25, -0.2) is 0 Å². The Labute approximate surface area is 114 Å². The number of ether oxygens (including phenoxy) is 1. The zero-order valence-electron chi connectivity index (χ0n) is 11.2. The number of nitrogen functional groups attached to an aromatic ring is 1. The standard InChI is InChI=1S/C15H21N3O/c16-11-12-6-7-13(10-15(12)17)18-8-9-19-14-4-2-1-3-5-14/h6-7,10,14,18H,1-5,8-9,17H2. The third-order valence-corrected chi connectivity index (χ3v) is 3.51. The van der Waals surface area contributed by atoms with Gasteiger partial charge in [-0.3, -0.25) is 0 Å². The van der Waals surface area contributed by atoms with E-state index in [-0.39, 0.29) is 0 Å². The van der Waals surface area contributed by atoms with Crippen molar-refractivity contribution in [3.63, 3.8) is 0 Å². The Morgan fingerprint density at radius 3 is 2.79 bits per heavy atom. The number of nitrogens with zero attached hydrogens (tertiary/aromatic N) is 1. The lowest BCUT2D eigenvalue weighted by Gasteiger charge is -2.22. The minimum Gasteiger partial charge on any atom is -0.398 e. The Morgan fingerprint density at radius 1 is 1.32 bits per heavy atom. The molecule has 0 aromatic heterocycles. The molecule has 3 N–H and O–H groups in total. The van der Waals surface area contributed by atoms with Crippen LogP contribution in [-0.4, -0.2) is 19.3 Å². The summed E-state index contributed by atoms with van der Waals surface area (Å²) in [6, 6.07) is 7.45. The molecule has 0 atom stereocenters. The van der Waals surface area contributed by atoms with Gasteiger partial charge in [0, 0.05) is 12.2 Å². The van der Waals surface area contributed by atoms with Crippen LogP contribution in [0.2, 0.25) is 0 Å². The molecule has 19 heavy (non-hydrogen) atoms. The fraction of sp³-hybridized carbons (Fsp3) is 0.533. The van der Waals surface area contributed by atoms with E-state index in [0.717, 1.165) is 12.2 Å². The van der Waals surface area contributed by atoms with E-state index in [0.29, 0.717) is 24.0 Å². The van der Waals surface area contributed by atoms with E-state index < -0.39 is 0 Å². The lowest BCUT2D eigenvalue weighted by atomic mass is 9.98. The zero-order chi connectivity index (χ0) is 13.5. The van der Waals surface area contributed by atoms with Crippen molar-refractivity contribution < 1.29 is 4.74 Å². The molecule has 1 saturated carbocycles.